The summed E-state index contributed by atoms with van der Waals surface area (Å²) in [5.41, 5.74) is 3.56. The smallest absolute Gasteiger partial charge is 0.263 e. The van der Waals surface area contributed by atoms with Crippen LogP contribution in [0.3, 0.4) is 0 Å². The molecular weight excluding hydrogens is 418 g/mol. The highest BCUT2D eigenvalue weighted by molar-refractivity contribution is 9.11. The van der Waals surface area contributed by atoms with E-state index in [0.717, 1.165) is 21.2 Å². The summed E-state index contributed by atoms with van der Waals surface area (Å²) in [7, 11) is -3.64. The van der Waals surface area contributed by atoms with Crippen molar-refractivity contribution < 1.29 is 8.42 Å². The molecule has 2 aromatic rings. The van der Waals surface area contributed by atoms with Gasteiger partial charge in [0.15, 0.2) is 0 Å². The predicted molar refractivity (Wildman–Crippen MR) is 93.3 cm³/mol. The molecule has 0 atom stereocenters. The summed E-state index contributed by atoms with van der Waals surface area (Å²) in [6.07, 6.45) is 0. The molecule has 0 saturated heterocycles. The zero-order chi connectivity index (χ0) is 15.8. The fourth-order valence-electron chi connectivity index (χ4n) is 2.22. The third-order valence-electron chi connectivity index (χ3n) is 3.10. The number of hydrogen-bond acceptors (Lipinski definition) is 2. The lowest BCUT2D eigenvalue weighted by molar-refractivity contribution is 0.600. The molecule has 0 aliphatic heterocycles. The van der Waals surface area contributed by atoms with E-state index in [9.17, 15) is 8.42 Å². The standard InChI is InChI=1S/C15H15Br2NO2S/c1-9-6-10(2)15(11(3)7-9)18-21(19,20)14-5-4-12(16)8-13(14)17/h4-8,18H,1-3H3. The van der Waals surface area contributed by atoms with Crippen molar-refractivity contribution in [1.82, 2.24) is 0 Å². The second-order valence-electron chi connectivity index (χ2n) is 4.95. The summed E-state index contributed by atoms with van der Waals surface area (Å²) >= 11 is 6.61. The third kappa shape index (κ3) is 3.67. The van der Waals surface area contributed by atoms with Crippen LogP contribution in [-0.2, 0) is 10.0 Å². The molecular formula is C15H15Br2NO2S. The second-order valence-corrected chi connectivity index (χ2v) is 8.37. The van der Waals surface area contributed by atoms with Crippen LogP contribution in [0, 0.1) is 20.8 Å². The van der Waals surface area contributed by atoms with E-state index in [-0.39, 0.29) is 4.90 Å². The summed E-state index contributed by atoms with van der Waals surface area (Å²) in [5.74, 6) is 0. The molecule has 0 aliphatic carbocycles. The molecule has 0 fully saturated rings. The Labute approximate surface area is 142 Å². The first-order valence-corrected chi connectivity index (χ1v) is 9.33. The number of benzene rings is 2. The number of nitrogens with one attached hydrogen (secondary N) is 1. The van der Waals surface area contributed by atoms with Gasteiger partial charge in [-0.05, 0) is 66.0 Å². The van der Waals surface area contributed by atoms with Crippen molar-refractivity contribution in [2.24, 2.45) is 0 Å². The first-order chi connectivity index (χ1) is 9.70. The minimum atomic E-state index is -3.64. The van der Waals surface area contributed by atoms with Gasteiger partial charge in [0.2, 0.25) is 0 Å². The van der Waals surface area contributed by atoms with Crippen molar-refractivity contribution in [1.29, 1.82) is 0 Å². The normalized spacial score (nSPS) is 11.5. The lowest BCUT2D eigenvalue weighted by Crippen LogP contribution is -2.15. The van der Waals surface area contributed by atoms with E-state index in [1.54, 1.807) is 18.2 Å². The zero-order valence-corrected chi connectivity index (χ0v) is 15.9. The van der Waals surface area contributed by atoms with E-state index in [0.29, 0.717) is 10.2 Å². The van der Waals surface area contributed by atoms with Gasteiger partial charge < -0.3 is 0 Å². The molecule has 3 nitrogen and oxygen atoms in total. The van der Waals surface area contributed by atoms with Crippen molar-refractivity contribution in [3.05, 3.63) is 56.0 Å². The second kappa shape index (κ2) is 6.10. The Bertz CT molecular complexity index is 778. The fraction of sp³-hybridized carbons (Fsp3) is 0.200. The van der Waals surface area contributed by atoms with Crippen LogP contribution in [0.5, 0.6) is 0 Å². The summed E-state index contributed by atoms with van der Waals surface area (Å²) < 4.78 is 29.2. The highest BCUT2D eigenvalue weighted by Crippen LogP contribution is 2.29. The van der Waals surface area contributed by atoms with Gasteiger partial charge in [0.25, 0.3) is 10.0 Å². The van der Waals surface area contributed by atoms with Gasteiger partial charge in [0.1, 0.15) is 4.90 Å². The molecule has 0 radical (unpaired) electrons. The first kappa shape index (κ1) is 16.5. The Morgan fingerprint density at radius 2 is 1.52 bits per heavy atom. The Balaban J connectivity index is 2.47. The molecule has 0 unspecified atom stereocenters. The fourth-order valence-corrected chi connectivity index (χ4v) is 5.17. The molecule has 6 heteroatoms. The molecule has 0 saturated carbocycles. The van der Waals surface area contributed by atoms with Crippen LogP contribution >= 0.6 is 31.9 Å². The van der Waals surface area contributed by atoms with E-state index in [1.165, 1.54) is 0 Å². The minimum absolute atomic E-state index is 0.213. The highest BCUT2D eigenvalue weighted by atomic mass is 79.9. The van der Waals surface area contributed by atoms with Gasteiger partial charge in [-0.3, -0.25) is 4.72 Å². The number of anilines is 1. The van der Waals surface area contributed by atoms with Gasteiger partial charge >= 0.3 is 0 Å². The van der Waals surface area contributed by atoms with Gasteiger partial charge in [-0.2, -0.15) is 0 Å². The van der Waals surface area contributed by atoms with Crippen LogP contribution in [0.1, 0.15) is 16.7 Å². The maximum atomic E-state index is 12.6. The average Bonchev–Trinajstić information content (AvgIpc) is 2.33. The van der Waals surface area contributed by atoms with Crippen LogP contribution in [0.2, 0.25) is 0 Å². The third-order valence-corrected chi connectivity index (χ3v) is 5.92. The van der Waals surface area contributed by atoms with Gasteiger partial charge in [0.05, 0.1) is 5.69 Å². The number of hydrogen-bond donors (Lipinski definition) is 1. The lowest BCUT2D eigenvalue weighted by atomic mass is 10.1. The molecule has 0 heterocycles. The van der Waals surface area contributed by atoms with E-state index in [4.69, 9.17) is 0 Å². The molecule has 0 aromatic heterocycles. The Kier molecular flexibility index (Phi) is 4.80. The molecule has 1 N–H and O–H groups in total. The molecule has 21 heavy (non-hydrogen) atoms. The van der Waals surface area contributed by atoms with E-state index in [1.807, 2.05) is 32.9 Å². The highest BCUT2D eigenvalue weighted by Gasteiger charge is 2.19. The summed E-state index contributed by atoms with van der Waals surface area (Å²) in [6, 6.07) is 8.90. The van der Waals surface area contributed by atoms with Crippen LogP contribution < -0.4 is 4.72 Å². The number of rotatable bonds is 3. The Morgan fingerprint density at radius 3 is 2.05 bits per heavy atom. The molecule has 0 aliphatic rings. The first-order valence-electron chi connectivity index (χ1n) is 6.26. The molecule has 112 valence electrons. The van der Waals surface area contributed by atoms with Gasteiger partial charge in [-0.15, -0.1) is 0 Å². The number of aryl methyl sites for hydroxylation is 3. The van der Waals surface area contributed by atoms with Gasteiger partial charge in [-0.1, -0.05) is 33.6 Å². The zero-order valence-electron chi connectivity index (χ0n) is 11.9. The van der Waals surface area contributed by atoms with Crippen molar-refractivity contribution in [2.45, 2.75) is 25.7 Å². The summed E-state index contributed by atoms with van der Waals surface area (Å²) in [6.45, 7) is 5.78. The molecule has 2 aromatic carbocycles. The maximum absolute atomic E-state index is 12.6. The number of sulfonamides is 1. The minimum Gasteiger partial charge on any atom is -0.279 e. The van der Waals surface area contributed by atoms with Gasteiger partial charge in [0, 0.05) is 8.95 Å². The van der Waals surface area contributed by atoms with E-state index < -0.39 is 10.0 Å². The lowest BCUT2D eigenvalue weighted by Gasteiger charge is -2.15. The van der Waals surface area contributed by atoms with Crippen molar-refractivity contribution >= 4 is 47.6 Å². The molecule has 2 rings (SSSR count). The summed E-state index contributed by atoms with van der Waals surface area (Å²) in [4.78, 5) is 0.213. The van der Waals surface area contributed by atoms with Crippen molar-refractivity contribution in [3.8, 4) is 0 Å². The maximum Gasteiger partial charge on any atom is 0.263 e. The average molecular weight is 433 g/mol. The Hall–Kier alpha value is -0.850. The van der Waals surface area contributed by atoms with Crippen LogP contribution in [0.15, 0.2) is 44.2 Å². The van der Waals surface area contributed by atoms with Crippen molar-refractivity contribution in [2.75, 3.05) is 4.72 Å². The van der Waals surface area contributed by atoms with E-state index >= 15 is 0 Å². The monoisotopic (exact) mass is 431 g/mol. The number of halogens is 2. The molecule has 0 spiro atoms. The van der Waals surface area contributed by atoms with Crippen LogP contribution in [0.25, 0.3) is 0 Å². The quantitative estimate of drug-likeness (QED) is 0.746. The predicted octanol–water partition coefficient (Wildman–Crippen LogP) is 4.94. The van der Waals surface area contributed by atoms with E-state index in [2.05, 4.69) is 36.6 Å². The molecule has 0 bridgehead atoms. The van der Waals surface area contributed by atoms with Crippen molar-refractivity contribution in [3.63, 3.8) is 0 Å². The Morgan fingerprint density at radius 1 is 0.952 bits per heavy atom. The van der Waals surface area contributed by atoms with Crippen LogP contribution in [0.4, 0.5) is 5.69 Å². The molecule has 0 amide bonds. The SMILES string of the molecule is Cc1cc(C)c(NS(=O)(=O)c2ccc(Br)cc2Br)c(C)c1. The topological polar surface area (TPSA) is 46.2 Å². The largest absolute Gasteiger partial charge is 0.279 e. The van der Waals surface area contributed by atoms with Gasteiger partial charge in [-0.25, -0.2) is 8.42 Å². The van der Waals surface area contributed by atoms with Crippen LogP contribution in [-0.4, -0.2) is 8.42 Å². The summed E-state index contributed by atoms with van der Waals surface area (Å²) in [5, 5.41) is 0.